The van der Waals surface area contributed by atoms with E-state index in [1.807, 2.05) is 46.7 Å². The van der Waals surface area contributed by atoms with Crippen LogP contribution in [0.4, 0.5) is 22.1 Å². The van der Waals surface area contributed by atoms with Crippen molar-refractivity contribution in [3.63, 3.8) is 0 Å². The average molecular weight is 613 g/mol. The Morgan fingerprint density at radius 1 is 0.841 bits per heavy atom. The van der Waals surface area contributed by atoms with Gasteiger partial charge in [-0.1, -0.05) is 6.07 Å². The number of urea groups is 1. The summed E-state index contributed by atoms with van der Waals surface area (Å²) in [6.45, 7) is 4.22. The van der Waals surface area contributed by atoms with Gasteiger partial charge in [0.2, 0.25) is 5.95 Å². The standard InChI is InChI=1S/C32H36N8O3S/c1-38(2)26-13-15-39(16-14-26)30(41)23-7-11-25(12-8-23)34-32(42)33-24-9-5-22(6-10-24)28-35-29(27-4-3-21-44-27)37-31(36-28)40-17-19-43-20-18-40/h3-12,21,26H,13-20H2,1-2H3,(H2,33,34,42). The van der Waals surface area contributed by atoms with Crippen LogP contribution in [0.15, 0.2) is 66.0 Å². The van der Waals surface area contributed by atoms with Crippen LogP contribution in [0.5, 0.6) is 0 Å². The van der Waals surface area contributed by atoms with Gasteiger partial charge in [0.15, 0.2) is 11.6 Å². The monoisotopic (exact) mass is 612 g/mol. The Bertz CT molecular complexity index is 1560. The van der Waals surface area contributed by atoms with E-state index in [2.05, 4.69) is 34.5 Å². The zero-order chi connectivity index (χ0) is 30.5. The molecule has 12 heteroatoms. The zero-order valence-electron chi connectivity index (χ0n) is 24.9. The van der Waals surface area contributed by atoms with Gasteiger partial charge in [-0.2, -0.15) is 9.97 Å². The Hall–Kier alpha value is -4.39. The number of hydrogen-bond acceptors (Lipinski definition) is 9. The van der Waals surface area contributed by atoms with Crippen LogP contribution in [-0.2, 0) is 4.74 Å². The fourth-order valence-electron chi connectivity index (χ4n) is 5.37. The first-order valence-electron chi connectivity index (χ1n) is 14.8. The van der Waals surface area contributed by atoms with Crippen LogP contribution in [0, 0.1) is 0 Å². The molecule has 6 rings (SSSR count). The molecule has 0 bridgehead atoms. The van der Waals surface area contributed by atoms with Crippen LogP contribution in [0.2, 0.25) is 0 Å². The molecule has 0 atom stereocenters. The third kappa shape index (κ3) is 7.04. The topological polar surface area (TPSA) is 116 Å². The van der Waals surface area contributed by atoms with Gasteiger partial charge in [-0.25, -0.2) is 9.78 Å². The van der Waals surface area contributed by atoms with E-state index in [4.69, 9.17) is 19.7 Å². The predicted octanol–water partition coefficient (Wildman–Crippen LogP) is 4.91. The first-order valence-corrected chi connectivity index (χ1v) is 15.7. The molecular formula is C32H36N8O3S. The minimum atomic E-state index is -0.377. The molecule has 2 aliphatic heterocycles. The van der Waals surface area contributed by atoms with Crippen molar-refractivity contribution >= 4 is 40.6 Å². The number of piperidine rings is 1. The summed E-state index contributed by atoms with van der Waals surface area (Å²) in [5.74, 6) is 1.85. The number of benzene rings is 2. The van der Waals surface area contributed by atoms with Gasteiger partial charge in [0.05, 0.1) is 18.1 Å². The van der Waals surface area contributed by atoms with E-state index < -0.39 is 0 Å². The van der Waals surface area contributed by atoms with Crippen molar-refractivity contribution in [2.75, 3.05) is 69.0 Å². The number of ether oxygens (including phenoxy) is 1. The molecule has 4 heterocycles. The van der Waals surface area contributed by atoms with Crippen LogP contribution < -0.4 is 15.5 Å². The van der Waals surface area contributed by atoms with Crippen molar-refractivity contribution in [1.29, 1.82) is 0 Å². The molecule has 0 saturated carbocycles. The highest BCUT2D eigenvalue weighted by molar-refractivity contribution is 7.13. The molecule has 0 radical (unpaired) electrons. The molecular weight excluding hydrogens is 576 g/mol. The van der Waals surface area contributed by atoms with Gasteiger partial charge < -0.3 is 30.1 Å². The van der Waals surface area contributed by atoms with E-state index in [1.54, 1.807) is 35.6 Å². The van der Waals surface area contributed by atoms with Crippen molar-refractivity contribution in [2.45, 2.75) is 18.9 Å². The van der Waals surface area contributed by atoms with Crippen molar-refractivity contribution in [3.8, 4) is 22.1 Å². The summed E-state index contributed by atoms with van der Waals surface area (Å²) >= 11 is 1.58. The summed E-state index contributed by atoms with van der Waals surface area (Å²) in [7, 11) is 4.17. The quantitative estimate of drug-likeness (QED) is 0.303. The van der Waals surface area contributed by atoms with Gasteiger partial charge in [0.25, 0.3) is 5.91 Å². The summed E-state index contributed by atoms with van der Waals surface area (Å²) in [4.78, 5) is 47.2. The Balaban J connectivity index is 1.08. The summed E-state index contributed by atoms with van der Waals surface area (Å²) in [5.41, 5.74) is 2.66. The van der Waals surface area contributed by atoms with Gasteiger partial charge in [-0.05, 0) is 86.9 Å². The highest BCUT2D eigenvalue weighted by atomic mass is 32.1. The molecule has 44 heavy (non-hydrogen) atoms. The maximum absolute atomic E-state index is 13.0. The molecule has 2 N–H and O–H groups in total. The minimum Gasteiger partial charge on any atom is -0.378 e. The highest BCUT2D eigenvalue weighted by Crippen LogP contribution is 2.27. The summed E-state index contributed by atoms with van der Waals surface area (Å²) in [6, 6.07) is 18.5. The molecule has 2 aromatic carbocycles. The second-order valence-electron chi connectivity index (χ2n) is 11.1. The van der Waals surface area contributed by atoms with Crippen molar-refractivity contribution < 1.29 is 14.3 Å². The van der Waals surface area contributed by atoms with Crippen molar-refractivity contribution in [1.82, 2.24) is 24.8 Å². The molecule has 2 aliphatic rings. The van der Waals surface area contributed by atoms with E-state index >= 15 is 0 Å². The Morgan fingerprint density at radius 3 is 2.09 bits per heavy atom. The molecule has 3 amide bonds. The second kappa shape index (κ2) is 13.5. The number of nitrogens with one attached hydrogen (secondary N) is 2. The zero-order valence-corrected chi connectivity index (χ0v) is 25.7. The molecule has 2 saturated heterocycles. The van der Waals surface area contributed by atoms with Crippen molar-refractivity contribution in [2.24, 2.45) is 0 Å². The van der Waals surface area contributed by atoms with E-state index in [1.165, 1.54) is 0 Å². The van der Waals surface area contributed by atoms with Crippen LogP contribution in [-0.4, -0.2) is 96.2 Å². The molecule has 4 aromatic rings. The van der Waals surface area contributed by atoms with Crippen LogP contribution in [0.1, 0.15) is 23.2 Å². The number of carbonyl (C=O) groups excluding carboxylic acids is 2. The van der Waals surface area contributed by atoms with Gasteiger partial charge in [-0.15, -0.1) is 11.3 Å². The number of hydrogen-bond donors (Lipinski definition) is 2. The Morgan fingerprint density at radius 2 is 1.48 bits per heavy atom. The second-order valence-corrected chi connectivity index (χ2v) is 12.0. The third-order valence-corrected chi connectivity index (χ3v) is 8.80. The first-order chi connectivity index (χ1) is 21.4. The number of anilines is 3. The lowest BCUT2D eigenvalue weighted by atomic mass is 10.0. The van der Waals surface area contributed by atoms with Crippen LogP contribution in [0.25, 0.3) is 22.1 Å². The molecule has 228 valence electrons. The summed E-state index contributed by atoms with van der Waals surface area (Å²) in [5, 5.41) is 7.71. The average Bonchev–Trinajstić information content (AvgIpc) is 3.61. The third-order valence-electron chi connectivity index (χ3n) is 7.93. The van der Waals surface area contributed by atoms with Crippen molar-refractivity contribution in [3.05, 3.63) is 71.6 Å². The predicted molar refractivity (Wildman–Crippen MR) is 173 cm³/mol. The van der Waals surface area contributed by atoms with E-state index in [9.17, 15) is 9.59 Å². The molecule has 2 aromatic heterocycles. The molecule has 0 aliphatic carbocycles. The maximum atomic E-state index is 13.0. The van der Waals surface area contributed by atoms with E-state index in [-0.39, 0.29) is 11.9 Å². The Labute approximate surface area is 260 Å². The van der Waals surface area contributed by atoms with Crippen LogP contribution in [0.3, 0.4) is 0 Å². The number of nitrogens with zero attached hydrogens (tertiary/aromatic N) is 6. The fourth-order valence-corrected chi connectivity index (χ4v) is 6.03. The number of likely N-dealkylation sites (tertiary alicyclic amines) is 1. The molecule has 0 spiro atoms. The van der Waals surface area contributed by atoms with Gasteiger partial charge in [0, 0.05) is 54.7 Å². The maximum Gasteiger partial charge on any atom is 0.323 e. The number of morpholine rings is 1. The highest BCUT2D eigenvalue weighted by Gasteiger charge is 2.24. The minimum absolute atomic E-state index is 0.0241. The van der Waals surface area contributed by atoms with Gasteiger partial charge in [0.1, 0.15) is 0 Å². The normalized spacial score (nSPS) is 15.8. The number of amides is 3. The molecule has 0 unspecified atom stereocenters. The lowest BCUT2D eigenvalue weighted by Crippen LogP contribution is -2.44. The Kier molecular flexibility index (Phi) is 9.10. The summed E-state index contributed by atoms with van der Waals surface area (Å²) < 4.78 is 5.50. The number of rotatable bonds is 7. The smallest absolute Gasteiger partial charge is 0.323 e. The van der Waals surface area contributed by atoms with Gasteiger partial charge >= 0.3 is 6.03 Å². The van der Waals surface area contributed by atoms with E-state index in [0.717, 1.165) is 49.5 Å². The summed E-state index contributed by atoms with van der Waals surface area (Å²) in [6.07, 6.45) is 1.95. The lowest BCUT2D eigenvalue weighted by Gasteiger charge is -2.35. The SMILES string of the molecule is CN(C)C1CCN(C(=O)c2ccc(NC(=O)Nc3ccc(-c4nc(-c5cccs5)nc(N5CCOCC5)n4)cc3)cc2)CC1. The number of aromatic nitrogens is 3. The van der Waals surface area contributed by atoms with E-state index in [0.29, 0.717) is 53.8 Å². The molecule has 11 nitrogen and oxygen atoms in total. The number of carbonyl (C=O) groups is 2. The lowest BCUT2D eigenvalue weighted by molar-refractivity contribution is 0.0663. The van der Waals surface area contributed by atoms with Gasteiger partial charge in [-0.3, -0.25) is 4.79 Å². The first kappa shape index (κ1) is 29.7. The fraction of sp³-hybridized carbons (Fsp3) is 0.344. The largest absolute Gasteiger partial charge is 0.378 e. The molecule has 2 fully saturated rings. The van der Waals surface area contributed by atoms with Crippen LogP contribution >= 0.6 is 11.3 Å². The number of thiophene rings is 1.